The van der Waals surface area contributed by atoms with Gasteiger partial charge in [-0.25, -0.2) is 4.39 Å². The van der Waals surface area contributed by atoms with Crippen molar-refractivity contribution in [2.45, 2.75) is 37.2 Å². The predicted molar refractivity (Wildman–Crippen MR) is 127 cm³/mol. The fraction of sp³-hybridized carbons (Fsp3) is 0.435. The van der Waals surface area contributed by atoms with E-state index in [4.69, 9.17) is 28.9 Å². The second-order valence-corrected chi connectivity index (χ2v) is 10.3. The largest absolute Gasteiger partial charge is 0.383 e. The number of nitrogen functional groups attached to an aromatic ring is 1. The fourth-order valence-corrected chi connectivity index (χ4v) is 6.38. The van der Waals surface area contributed by atoms with E-state index in [0.717, 1.165) is 12.8 Å². The van der Waals surface area contributed by atoms with Gasteiger partial charge in [0.2, 0.25) is 0 Å². The van der Waals surface area contributed by atoms with Crippen LogP contribution in [0.3, 0.4) is 0 Å². The van der Waals surface area contributed by atoms with Crippen molar-refractivity contribution < 1.29 is 14.3 Å². The highest BCUT2D eigenvalue weighted by Gasteiger charge is 2.52. The number of nitrogens with two attached hydrogens (primary N) is 1. The molecule has 2 heterocycles. The first-order valence-corrected chi connectivity index (χ1v) is 11.8. The van der Waals surface area contributed by atoms with Gasteiger partial charge in [-0.05, 0) is 55.7 Å². The van der Waals surface area contributed by atoms with Crippen LogP contribution >= 0.6 is 23.2 Å². The smallest absolute Gasteiger partial charge is 0.261 e. The Bertz CT molecular complexity index is 1260. The lowest BCUT2D eigenvalue weighted by Crippen LogP contribution is -2.27. The third kappa shape index (κ3) is 3.76. The molecule has 2 fully saturated rings. The Morgan fingerprint density at radius 3 is 2.47 bits per heavy atom. The van der Waals surface area contributed by atoms with Crippen LogP contribution in [0.2, 0.25) is 10.0 Å². The molecule has 8 nitrogen and oxygen atoms in total. The first-order chi connectivity index (χ1) is 16.1. The maximum Gasteiger partial charge on any atom is 0.261 e. The molecule has 0 radical (unpaired) electrons. The van der Waals surface area contributed by atoms with Crippen molar-refractivity contribution in [2.24, 2.45) is 25.9 Å². The van der Waals surface area contributed by atoms with E-state index in [0.29, 0.717) is 40.5 Å². The number of rotatable bonds is 4. The number of hydrogen-bond donors (Lipinski definition) is 3. The predicted octanol–water partition coefficient (Wildman–Crippen LogP) is 4.23. The lowest BCUT2D eigenvalue weighted by molar-refractivity contribution is 0.0264. The zero-order valence-electron chi connectivity index (χ0n) is 18.7. The molecule has 2 aromatic heterocycles. The van der Waals surface area contributed by atoms with Gasteiger partial charge in [-0.3, -0.25) is 14.2 Å². The van der Waals surface area contributed by atoms with Gasteiger partial charge < -0.3 is 16.2 Å². The summed E-state index contributed by atoms with van der Waals surface area (Å²) in [6, 6.07) is 3.99. The van der Waals surface area contributed by atoms with Gasteiger partial charge in [0.15, 0.2) is 0 Å². The molecule has 180 valence electrons. The number of nitrogens with one attached hydrogen (secondary N) is 1. The number of benzene rings is 1. The van der Waals surface area contributed by atoms with Crippen molar-refractivity contribution in [1.29, 1.82) is 0 Å². The number of aromatic nitrogens is 4. The molecular formula is C23H25Cl2FN6O2. The Morgan fingerprint density at radius 1 is 1.21 bits per heavy atom. The van der Waals surface area contributed by atoms with E-state index in [1.807, 2.05) is 0 Å². The van der Waals surface area contributed by atoms with Crippen LogP contribution in [0, 0.1) is 17.7 Å². The third-order valence-corrected chi connectivity index (χ3v) is 7.85. The summed E-state index contributed by atoms with van der Waals surface area (Å²) in [6.07, 6.45) is 4.27. The summed E-state index contributed by atoms with van der Waals surface area (Å²) < 4.78 is 16.6. The van der Waals surface area contributed by atoms with Crippen LogP contribution in [0.5, 0.6) is 0 Å². The van der Waals surface area contributed by atoms with Gasteiger partial charge in [0, 0.05) is 25.7 Å². The molecule has 2 aliphatic rings. The molecule has 2 atom stereocenters. The van der Waals surface area contributed by atoms with Crippen LogP contribution < -0.4 is 11.1 Å². The van der Waals surface area contributed by atoms with Gasteiger partial charge in [0.1, 0.15) is 22.8 Å². The molecule has 1 amide bonds. The molecule has 0 bridgehead atoms. The number of hydrogen-bond acceptors (Lipinski definition) is 5. The van der Waals surface area contributed by atoms with E-state index in [9.17, 15) is 14.3 Å². The summed E-state index contributed by atoms with van der Waals surface area (Å²) >= 11 is 12.2. The summed E-state index contributed by atoms with van der Waals surface area (Å²) in [7, 11) is 3.48. The number of amides is 1. The Kier molecular flexibility index (Phi) is 5.61. The molecule has 0 spiro atoms. The molecule has 2 unspecified atom stereocenters. The Hall–Kier alpha value is -2.62. The summed E-state index contributed by atoms with van der Waals surface area (Å²) in [5.41, 5.74) is 7.18. The molecule has 2 aliphatic carbocycles. The van der Waals surface area contributed by atoms with Gasteiger partial charge in [-0.1, -0.05) is 23.2 Å². The van der Waals surface area contributed by atoms with Crippen LogP contribution in [0.15, 0.2) is 24.4 Å². The monoisotopic (exact) mass is 506 g/mol. The number of aliphatic hydroxyl groups is 1. The van der Waals surface area contributed by atoms with Crippen molar-refractivity contribution >= 4 is 40.6 Å². The standard InChI is InChI=1S/C23H25Cl2FN6O2/c1-31-20(16(25)10-28-31)23(34)8-12-5-11(6-13(12)9-23)19-18(21(27)32(2)30-19)22(33)29-14-3-4-17(26)15(24)7-14/h3-4,7,10-13,34H,5-6,8-9,27H2,1-2H3,(H,29,33). The first kappa shape index (κ1) is 23.1. The normalized spacial score (nSPS) is 26.1. The molecule has 4 N–H and O–H groups in total. The minimum Gasteiger partial charge on any atom is -0.383 e. The molecule has 3 aromatic rings. The van der Waals surface area contributed by atoms with Crippen LogP contribution in [0.25, 0.3) is 0 Å². The van der Waals surface area contributed by atoms with Crippen molar-refractivity contribution in [1.82, 2.24) is 19.6 Å². The van der Waals surface area contributed by atoms with E-state index in [1.54, 1.807) is 25.0 Å². The van der Waals surface area contributed by atoms with E-state index < -0.39 is 17.3 Å². The highest BCUT2D eigenvalue weighted by molar-refractivity contribution is 6.31. The van der Waals surface area contributed by atoms with Crippen LogP contribution in [0.1, 0.15) is 53.3 Å². The lowest BCUT2D eigenvalue weighted by Gasteiger charge is -2.25. The molecule has 5 rings (SSSR count). The van der Waals surface area contributed by atoms with Crippen LogP contribution in [-0.2, 0) is 19.7 Å². The topological polar surface area (TPSA) is 111 Å². The maximum absolute atomic E-state index is 13.5. The molecule has 0 saturated heterocycles. The highest BCUT2D eigenvalue weighted by atomic mass is 35.5. The zero-order chi connectivity index (χ0) is 24.4. The molecule has 0 aliphatic heterocycles. The number of aryl methyl sites for hydroxylation is 2. The average Bonchev–Trinajstić information content (AvgIpc) is 3.47. The summed E-state index contributed by atoms with van der Waals surface area (Å²) in [5, 5.41) is 23.3. The summed E-state index contributed by atoms with van der Waals surface area (Å²) in [4.78, 5) is 13.2. The number of anilines is 2. The average molecular weight is 507 g/mol. The van der Waals surface area contributed by atoms with E-state index in [2.05, 4.69) is 15.5 Å². The maximum atomic E-state index is 13.5. The quantitative estimate of drug-likeness (QED) is 0.490. The van der Waals surface area contributed by atoms with Gasteiger partial charge in [-0.15, -0.1) is 0 Å². The third-order valence-electron chi connectivity index (χ3n) is 7.29. The van der Waals surface area contributed by atoms with Crippen LogP contribution in [0.4, 0.5) is 15.9 Å². The highest BCUT2D eigenvalue weighted by Crippen LogP contribution is 2.57. The second kappa shape index (κ2) is 8.25. The number of fused-ring (bicyclic) bond motifs is 1. The Labute approximate surface area is 205 Å². The lowest BCUT2D eigenvalue weighted by atomic mass is 9.89. The van der Waals surface area contributed by atoms with Crippen molar-refractivity contribution in [3.05, 3.63) is 57.2 Å². The van der Waals surface area contributed by atoms with E-state index in [-0.39, 0.29) is 28.6 Å². The first-order valence-electron chi connectivity index (χ1n) is 11.1. The number of carbonyl (C=O) groups excluding carboxylic acids is 1. The molecule has 2 saturated carbocycles. The fourth-order valence-electron chi connectivity index (χ4n) is 5.86. The van der Waals surface area contributed by atoms with Crippen molar-refractivity contribution in [2.75, 3.05) is 11.1 Å². The van der Waals surface area contributed by atoms with Gasteiger partial charge in [0.05, 0.1) is 27.6 Å². The second-order valence-electron chi connectivity index (χ2n) is 9.45. The Balaban J connectivity index is 1.37. The molecule has 1 aromatic carbocycles. The molecular weight excluding hydrogens is 482 g/mol. The Morgan fingerprint density at radius 2 is 1.88 bits per heavy atom. The van der Waals surface area contributed by atoms with Gasteiger partial charge in [-0.2, -0.15) is 10.2 Å². The minimum absolute atomic E-state index is 0.0302. The van der Waals surface area contributed by atoms with E-state index >= 15 is 0 Å². The van der Waals surface area contributed by atoms with Crippen LogP contribution in [-0.4, -0.2) is 30.6 Å². The summed E-state index contributed by atoms with van der Waals surface area (Å²) in [6.45, 7) is 0. The van der Waals surface area contributed by atoms with Gasteiger partial charge in [0.25, 0.3) is 5.91 Å². The number of carbonyl (C=O) groups is 1. The number of halogens is 3. The molecule has 11 heteroatoms. The number of nitrogens with zero attached hydrogens (tertiary/aromatic N) is 4. The van der Waals surface area contributed by atoms with Crippen molar-refractivity contribution in [3.8, 4) is 0 Å². The minimum atomic E-state index is -1.02. The molecule has 34 heavy (non-hydrogen) atoms. The van der Waals surface area contributed by atoms with Crippen molar-refractivity contribution in [3.63, 3.8) is 0 Å². The summed E-state index contributed by atoms with van der Waals surface area (Å²) in [5.74, 6) is -0.171. The SMILES string of the molecule is Cn1nc(C2CC3CC(O)(c4c(Cl)cnn4C)CC3C2)c(C(=O)Nc2ccc(F)c(Cl)c2)c1N. The van der Waals surface area contributed by atoms with Gasteiger partial charge >= 0.3 is 0 Å². The zero-order valence-corrected chi connectivity index (χ0v) is 20.2. The van der Waals surface area contributed by atoms with E-state index in [1.165, 1.54) is 22.9 Å².